The Morgan fingerprint density at radius 2 is 1.59 bits per heavy atom. The van der Waals surface area contributed by atoms with Gasteiger partial charge in [0.05, 0.1) is 0 Å². The van der Waals surface area contributed by atoms with E-state index in [0.29, 0.717) is 0 Å². The predicted molar refractivity (Wildman–Crippen MR) is 74.1 cm³/mol. The predicted octanol–water partition coefficient (Wildman–Crippen LogP) is 2.66. The largest absolute Gasteiger partial charge is 0.355 e. The van der Waals surface area contributed by atoms with Crippen molar-refractivity contribution in [2.24, 2.45) is 5.92 Å². The number of carbonyl (C=O) groups is 1. The molecule has 3 nitrogen and oxygen atoms in total. The minimum atomic E-state index is 0.224. The van der Waals surface area contributed by atoms with E-state index in [9.17, 15) is 4.79 Å². The molecule has 1 N–H and O–H groups in total. The molecule has 0 aromatic carbocycles. The van der Waals surface area contributed by atoms with Crippen molar-refractivity contribution >= 4 is 5.91 Å². The molecule has 0 saturated carbocycles. The number of carbonyl (C=O) groups excluding carboxylic acids is 1. The van der Waals surface area contributed by atoms with Crippen molar-refractivity contribution in [1.82, 2.24) is 10.2 Å². The van der Waals surface area contributed by atoms with Crippen LogP contribution in [-0.4, -0.2) is 37.0 Å². The third-order valence-electron chi connectivity index (χ3n) is 3.27. The Balaban J connectivity index is 3.88. The summed E-state index contributed by atoms with van der Waals surface area (Å²) in [7, 11) is 0. The molecule has 0 radical (unpaired) electrons. The van der Waals surface area contributed by atoms with Gasteiger partial charge in [-0.1, -0.05) is 40.5 Å². The van der Waals surface area contributed by atoms with Gasteiger partial charge in [-0.05, 0) is 25.9 Å². The summed E-state index contributed by atoms with van der Waals surface area (Å²) >= 11 is 0. The first kappa shape index (κ1) is 16.4. The molecule has 0 unspecified atom stereocenters. The zero-order valence-electron chi connectivity index (χ0n) is 12.1. The lowest BCUT2D eigenvalue weighted by molar-refractivity contribution is -0.125. The molecule has 0 fully saturated rings. The van der Waals surface area contributed by atoms with Crippen LogP contribution in [0.2, 0.25) is 0 Å². The van der Waals surface area contributed by atoms with E-state index in [1.54, 1.807) is 0 Å². The zero-order chi connectivity index (χ0) is 13.1. The van der Waals surface area contributed by atoms with E-state index < -0.39 is 0 Å². The molecule has 102 valence electrons. The maximum atomic E-state index is 12.0. The van der Waals surface area contributed by atoms with Crippen molar-refractivity contribution in [2.45, 2.75) is 53.4 Å². The Hall–Kier alpha value is -0.570. The van der Waals surface area contributed by atoms with Crippen LogP contribution in [0.15, 0.2) is 0 Å². The summed E-state index contributed by atoms with van der Waals surface area (Å²) in [6.45, 7) is 12.5. The van der Waals surface area contributed by atoms with Crippen LogP contribution < -0.4 is 5.32 Å². The van der Waals surface area contributed by atoms with Crippen molar-refractivity contribution in [1.29, 1.82) is 0 Å². The topological polar surface area (TPSA) is 32.3 Å². The van der Waals surface area contributed by atoms with Crippen LogP contribution in [-0.2, 0) is 4.79 Å². The molecule has 0 bridgehead atoms. The molecule has 17 heavy (non-hydrogen) atoms. The zero-order valence-corrected chi connectivity index (χ0v) is 12.1. The minimum absolute atomic E-state index is 0.224. The van der Waals surface area contributed by atoms with Crippen molar-refractivity contribution in [3.05, 3.63) is 0 Å². The number of hydrogen-bond donors (Lipinski definition) is 1. The third kappa shape index (κ3) is 7.37. The standard InChI is InChI=1S/C14H30N2O/c1-5-9-13(10-6-2)14(17)15-11-12-16(7-3)8-4/h13H,5-12H2,1-4H3,(H,15,17). The average Bonchev–Trinajstić information content (AvgIpc) is 2.34. The fraction of sp³-hybridized carbons (Fsp3) is 0.929. The van der Waals surface area contributed by atoms with Gasteiger partial charge in [0.25, 0.3) is 0 Å². The summed E-state index contributed by atoms with van der Waals surface area (Å²) in [5, 5.41) is 3.07. The molecule has 0 rings (SSSR count). The molecule has 0 aliphatic heterocycles. The van der Waals surface area contributed by atoms with Crippen LogP contribution in [0.5, 0.6) is 0 Å². The number of amides is 1. The smallest absolute Gasteiger partial charge is 0.223 e. The second kappa shape index (κ2) is 10.6. The lowest BCUT2D eigenvalue weighted by atomic mass is 9.97. The van der Waals surface area contributed by atoms with Crippen molar-refractivity contribution in [3.63, 3.8) is 0 Å². The van der Waals surface area contributed by atoms with Gasteiger partial charge in [-0.25, -0.2) is 0 Å². The normalized spacial score (nSPS) is 11.2. The average molecular weight is 242 g/mol. The van der Waals surface area contributed by atoms with Crippen molar-refractivity contribution < 1.29 is 4.79 Å². The van der Waals surface area contributed by atoms with Crippen LogP contribution in [0.3, 0.4) is 0 Å². The highest BCUT2D eigenvalue weighted by molar-refractivity contribution is 5.78. The quantitative estimate of drug-likeness (QED) is 0.639. The molecular formula is C14H30N2O. The summed E-state index contributed by atoms with van der Waals surface area (Å²) in [5.74, 6) is 0.475. The molecular weight excluding hydrogens is 212 g/mol. The number of hydrogen-bond acceptors (Lipinski definition) is 2. The van der Waals surface area contributed by atoms with E-state index in [-0.39, 0.29) is 11.8 Å². The monoisotopic (exact) mass is 242 g/mol. The van der Waals surface area contributed by atoms with Crippen LogP contribution in [0, 0.1) is 5.92 Å². The van der Waals surface area contributed by atoms with Gasteiger partial charge >= 0.3 is 0 Å². The fourth-order valence-electron chi connectivity index (χ4n) is 2.12. The van der Waals surface area contributed by atoms with Gasteiger partial charge in [0.1, 0.15) is 0 Å². The van der Waals surface area contributed by atoms with Crippen LogP contribution in [0.4, 0.5) is 0 Å². The van der Waals surface area contributed by atoms with Gasteiger partial charge in [-0.15, -0.1) is 0 Å². The lowest BCUT2D eigenvalue weighted by Crippen LogP contribution is -2.37. The van der Waals surface area contributed by atoms with Gasteiger partial charge in [0, 0.05) is 19.0 Å². The van der Waals surface area contributed by atoms with Gasteiger partial charge in [-0.3, -0.25) is 4.79 Å². The summed E-state index contributed by atoms with van der Waals surface area (Å²) in [5.41, 5.74) is 0. The van der Waals surface area contributed by atoms with E-state index in [1.165, 1.54) is 0 Å². The Kier molecular flexibility index (Phi) is 10.2. The van der Waals surface area contributed by atoms with Gasteiger partial charge < -0.3 is 10.2 Å². The summed E-state index contributed by atoms with van der Waals surface area (Å²) < 4.78 is 0. The van der Waals surface area contributed by atoms with Crippen LogP contribution in [0.25, 0.3) is 0 Å². The fourth-order valence-corrected chi connectivity index (χ4v) is 2.12. The van der Waals surface area contributed by atoms with Gasteiger partial charge in [0.2, 0.25) is 5.91 Å². The molecule has 0 aromatic heterocycles. The molecule has 0 aliphatic rings. The third-order valence-corrected chi connectivity index (χ3v) is 3.27. The second-order valence-corrected chi connectivity index (χ2v) is 4.59. The van der Waals surface area contributed by atoms with Gasteiger partial charge in [-0.2, -0.15) is 0 Å². The first-order valence-electron chi connectivity index (χ1n) is 7.19. The first-order valence-corrected chi connectivity index (χ1v) is 7.19. The minimum Gasteiger partial charge on any atom is -0.355 e. The van der Waals surface area contributed by atoms with Gasteiger partial charge in [0.15, 0.2) is 0 Å². The summed E-state index contributed by atoms with van der Waals surface area (Å²) in [6, 6.07) is 0. The highest BCUT2D eigenvalue weighted by Crippen LogP contribution is 2.13. The Morgan fingerprint density at radius 3 is 2.00 bits per heavy atom. The van der Waals surface area contributed by atoms with Crippen molar-refractivity contribution in [3.8, 4) is 0 Å². The molecule has 0 heterocycles. The van der Waals surface area contributed by atoms with Crippen molar-refractivity contribution in [2.75, 3.05) is 26.2 Å². The van der Waals surface area contributed by atoms with Crippen LogP contribution >= 0.6 is 0 Å². The first-order chi connectivity index (χ1) is 8.19. The molecule has 0 aliphatic carbocycles. The summed E-state index contributed by atoms with van der Waals surface area (Å²) in [4.78, 5) is 14.3. The Morgan fingerprint density at radius 1 is 1.06 bits per heavy atom. The molecule has 1 amide bonds. The van der Waals surface area contributed by atoms with E-state index >= 15 is 0 Å². The maximum Gasteiger partial charge on any atom is 0.223 e. The molecule has 3 heteroatoms. The molecule has 0 spiro atoms. The second-order valence-electron chi connectivity index (χ2n) is 4.59. The number of rotatable bonds is 10. The summed E-state index contributed by atoms with van der Waals surface area (Å²) in [6.07, 6.45) is 4.22. The van der Waals surface area contributed by atoms with Crippen LogP contribution in [0.1, 0.15) is 53.4 Å². The van der Waals surface area contributed by atoms with E-state index in [1.807, 2.05) is 0 Å². The maximum absolute atomic E-state index is 12.0. The molecule has 0 aromatic rings. The number of nitrogens with zero attached hydrogens (tertiary/aromatic N) is 1. The molecule has 0 saturated heterocycles. The number of likely N-dealkylation sites (N-methyl/N-ethyl adjacent to an activating group) is 1. The highest BCUT2D eigenvalue weighted by Gasteiger charge is 2.15. The highest BCUT2D eigenvalue weighted by atomic mass is 16.1. The lowest BCUT2D eigenvalue weighted by Gasteiger charge is -2.20. The Labute approximate surface area is 107 Å². The Bertz CT molecular complexity index is 185. The SMILES string of the molecule is CCCC(CCC)C(=O)NCCN(CC)CC. The van der Waals surface area contributed by atoms with E-state index in [2.05, 4.69) is 37.9 Å². The van der Waals surface area contributed by atoms with E-state index in [4.69, 9.17) is 0 Å². The van der Waals surface area contributed by atoms with E-state index in [0.717, 1.165) is 51.9 Å². The molecule has 0 atom stereocenters. The number of nitrogens with one attached hydrogen (secondary N) is 1.